The molecule has 3 heteroatoms. The van der Waals surface area contributed by atoms with Crippen molar-refractivity contribution in [1.29, 1.82) is 0 Å². The third kappa shape index (κ3) is 6.52. The monoisotopic (exact) mass is 212 g/mol. The van der Waals surface area contributed by atoms with Gasteiger partial charge in [-0.1, -0.05) is 0 Å². The number of allylic oxidation sites excluding steroid dienone is 1. The van der Waals surface area contributed by atoms with Crippen LogP contribution < -0.4 is 5.32 Å². The minimum atomic E-state index is 0.392. The molecule has 0 spiro atoms. The molecule has 1 N–H and O–H groups in total. The van der Waals surface area contributed by atoms with E-state index in [9.17, 15) is 0 Å². The molecule has 1 heterocycles. The summed E-state index contributed by atoms with van der Waals surface area (Å²) in [4.78, 5) is 2.23. The number of rotatable bonds is 7. The Morgan fingerprint density at radius 3 is 2.93 bits per heavy atom. The topological polar surface area (TPSA) is 24.5 Å². The van der Waals surface area contributed by atoms with E-state index in [4.69, 9.17) is 4.74 Å². The molecule has 0 aliphatic carbocycles. The summed E-state index contributed by atoms with van der Waals surface area (Å²) >= 11 is 0. The van der Waals surface area contributed by atoms with Crippen molar-refractivity contribution in [2.45, 2.75) is 31.8 Å². The van der Waals surface area contributed by atoms with Gasteiger partial charge in [0.1, 0.15) is 6.10 Å². The number of unbranched alkanes of at least 4 members (excludes halogenated alkanes) is 1. The predicted molar refractivity (Wildman–Crippen MR) is 63.9 cm³/mol. The van der Waals surface area contributed by atoms with Crippen molar-refractivity contribution >= 4 is 0 Å². The number of hydrogen-bond acceptors (Lipinski definition) is 3. The van der Waals surface area contributed by atoms with E-state index < -0.39 is 0 Å². The van der Waals surface area contributed by atoms with Gasteiger partial charge in [0.25, 0.3) is 0 Å². The Hall–Kier alpha value is -0.540. The average molecular weight is 212 g/mol. The van der Waals surface area contributed by atoms with E-state index in [1.54, 1.807) is 0 Å². The minimum Gasteiger partial charge on any atom is -0.497 e. The molecule has 0 aromatic heterocycles. The highest BCUT2D eigenvalue weighted by molar-refractivity contribution is 4.82. The van der Waals surface area contributed by atoms with Gasteiger partial charge >= 0.3 is 0 Å². The molecule has 1 rings (SSSR count). The lowest BCUT2D eigenvalue weighted by Crippen LogP contribution is -2.30. The van der Waals surface area contributed by atoms with Crippen LogP contribution in [0.5, 0.6) is 0 Å². The smallest absolute Gasteiger partial charge is 0.110 e. The van der Waals surface area contributed by atoms with Gasteiger partial charge in [-0.3, -0.25) is 0 Å². The first kappa shape index (κ1) is 12.5. The highest BCUT2D eigenvalue weighted by atomic mass is 16.5. The molecule has 1 aliphatic heterocycles. The van der Waals surface area contributed by atoms with Crippen LogP contribution in [0.2, 0.25) is 0 Å². The molecule has 1 aliphatic rings. The summed E-state index contributed by atoms with van der Waals surface area (Å²) in [6, 6.07) is 0. The number of ether oxygens (including phenoxy) is 1. The quantitative estimate of drug-likeness (QED) is 0.649. The first-order chi connectivity index (χ1) is 7.29. The van der Waals surface area contributed by atoms with Crippen LogP contribution in [0.25, 0.3) is 0 Å². The highest BCUT2D eigenvalue weighted by Crippen LogP contribution is 2.08. The van der Waals surface area contributed by atoms with Crippen molar-refractivity contribution in [1.82, 2.24) is 10.2 Å². The zero-order chi connectivity index (χ0) is 10.9. The second-order valence-electron chi connectivity index (χ2n) is 4.42. The summed E-state index contributed by atoms with van der Waals surface area (Å²) in [5.74, 6) is 0. The van der Waals surface area contributed by atoms with Crippen LogP contribution in [-0.2, 0) is 4.74 Å². The second-order valence-corrected chi connectivity index (χ2v) is 4.42. The Bertz CT molecular complexity index is 180. The van der Waals surface area contributed by atoms with Crippen LogP contribution in [0.4, 0.5) is 0 Å². The zero-order valence-corrected chi connectivity index (χ0v) is 10.0. The van der Waals surface area contributed by atoms with Gasteiger partial charge in [-0.25, -0.2) is 0 Å². The van der Waals surface area contributed by atoms with Gasteiger partial charge in [0, 0.05) is 6.54 Å². The van der Waals surface area contributed by atoms with Crippen molar-refractivity contribution in [3.05, 3.63) is 12.3 Å². The lowest BCUT2D eigenvalue weighted by Gasteiger charge is -2.19. The van der Waals surface area contributed by atoms with Crippen molar-refractivity contribution < 1.29 is 4.74 Å². The normalized spacial score (nSPS) is 20.6. The van der Waals surface area contributed by atoms with Gasteiger partial charge in [0.05, 0.1) is 6.26 Å². The maximum absolute atomic E-state index is 5.47. The summed E-state index contributed by atoms with van der Waals surface area (Å²) in [5, 5.41) is 3.45. The van der Waals surface area contributed by atoms with Crippen molar-refractivity contribution in [3.8, 4) is 0 Å². The Balaban J connectivity index is 1.86. The van der Waals surface area contributed by atoms with Gasteiger partial charge in [0.2, 0.25) is 0 Å². The maximum Gasteiger partial charge on any atom is 0.110 e. The molecule has 0 radical (unpaired) electrons. The molecule has 1 unspecified atom stereocenters. The summed E-state index contributed by atoms with van der Waals surface area (Å²) in [5.41, 5.74) is 0. The lowest BCUT2D eigenvalue weighted by molar-refractivity contribution is 0.122. The molecule has 0 saturated carbocycles. The third-order valence-electron chi connectivity index (χ3n) is 2.60. The van der Waals surface area contributed by atoms with Crippen LogP contribution >= 0.6 is 0 Å². The van der Waals surface area contributed by atoms with Crippen LogP contribution in [0, 0.1) is 0 Å². The fourth-order valence-corrected chi connectivity index (χ4v) is 1.68. The first-order valence-electron chi connectivity index (χ1n) is 5.95. The fraction of sp³-hybridized carbons (Fsp3) is 0.833. The second kappa shape index (κ2) is 7.71. The standard InChI is InChI=1S/C12H24N2O/c1-14(2)9-5-4-8-13-11-12-7-3-6-10-15-12/h6,10,12-13H,3-5,7-9,11H2,1-2H3. The Morgan fingerprint density at radius 1 is 1.40 bits per heavy atom. The average Bonchev–Trinajstić information content (AvgIpc) is 2.24. The number of hydrogen-bond donors (Lipinski definition) is 1. The van der Waals surface area contributed by atoms with E-state index in [2.05, 4.69) is 30.4 Å². The van der Waals surface area contributed by atoms with E-state index in [1.807, 2.05) is 6.26 Å². The Morgan fingerprint density at radius 2 is 2.27 bits per heavy atom. The van der Waals surface area contributed by atoms with Crippen LogP contribution in [-0.4, -0.2) is 44.7 Å². The first-order valence-corrected chi connectivity index (χ1v) is 5.95. The molecule has 1 atom stereocenters. The van der Waals surface area contributed by atoms with Crippen molar-refractivity contribution in [3.63, 3.8) is 0 Å². The molecule has 0 fully saturated rings. The van der Waals surface area contributed by atoms with Gasteiger partial charge in [-0.05, 0) is 58.9 Å². The van der Waals surface area contributed by atoms with Crippen LogP contribution in [0.3, 0.4) is 0 Å². The molecule has 15 heavy (non-hydrogen) atoms. The van der Waals surface area contributed by atoms with Gasteiger partial charge < -0.3 is 15.0 Å². The van der Waals surface area contributed by atoms with E-state index in [0.717, 1.165) is 25.9 Å². The van der Waals surface area contributed by atoms with Crippen LogP contribution in [0.1, 0.15) is 25.7 Å². The van der Waals surface area contributed by atoms with Crippen molar-refractivity contribution in [2.75, 3.05) is 33.7 Å². The molecule has 0 amide bonds. The van der Waals surface area contributed by atoms with E-state index in [-0.39, 0.29) is 0 Å². The molecule has 0 saturated heterocycles. The largest absolute Gasteiger partial charge is 0.497 e. The highest BCUT2D eigenvalue weighted by Gasteiger charge is 2.09. The predicted octanol–water partition coefficient (Wildman–Crippen LogP) is 1.61. The summed E-state index contributed by atoms with van der Waals surface area (Å²) < 4.78 is 5.47. The third-order valence-corrected chi connectivity index (χ3v) is 2.60. The molecule has 3 nitrogen and oxygen atoms in total. The van der Waals surface area contributed by atoms with Crippen molar-refractivity contribution in [2.24, 2.45) is 0 Å². The summed E-state index contributed by atoms with van der Waals surface area (Å²) in [7, 11) is 4.24. The fourth-order valence-electron chi connectivity index (χ4n) is 1.68. The molecule has 88 valence electrons. The van der Waals surface area contributed by atoms with Gasteiger partial charge in [0.15, 0.2) is 0 Å². The molecule has 0 bridgehead atoms. The van der Waals surface area contributed by atoms with E-state index in [0.29, 0.717) is 6.10 Å². The summed E-state index contributed by atoms with van der Waals surface area (Å²) in [6.07, 6.45) is 9.15. The summed E-state index contributed by atoms with van der Waals surface area (Å²) in [6.45, 7) is 3.29. The molecule has 0 aromatic rings. The van der Waals surface area contributed by atoms with E-state index in [1.165, 1.54) is 19.4 Å². The Kier molecular flexibility index (Phi) is 6.44. The van der Waals surface area contributed by atoms with Gasteiger partial charge in [-0.15, -0.1) is 0 Å². The molecular formula is C12H24N2O. The SMILES string of the molecule is CN(C)CCCCNCC1CCC=CO1. The van der Waals surface area contributed by atoms with Crippen LogP contribution in [0.15, 0.2) is 12.3 Å². The lowest BCUT2D eigenvalue weighted by atomic mass is 10.1. The maximum atomic E-state index is 5.47. The minimum absolute atomic E-state index is 0.392. The zero-order valence-electron chi connectivity index (χ0n) is 10.0. The Labute approximate surface area is 93.5 Å². The molecule has 0 aromatic carbocycles. The molecular weight excluding hydrogens is 188 g/mol. The van der Waals surface area contributed by atoms with Gasteiger partial charge in [-0.2, -0.15) is 0 Å². The number of nitrogens with one attached hydrogen (secondary N) is 1. The number of nitrogens with zero attached hydrogens (tertiary/aromatic N) is 1. The van der Waals surface area contributed by atoms with E-state index >= 15 is 0 Å².